The fourth-order valence-corrected chi connectivity index (χ4v) is 6.62. The zero-order valence-corrected chi connectivity index (χ0v) is 12.8. The molecule has 0 saturated carbocycles. The molecule has 3 nitrogen and oxygen atoms in total. The van der Waals surface area contributed by atoms with Gasteiger partial charge in [0, 0.05) is 0 Å². The topological polar surface area (TPSA) is 27.7 Å². The van der Waals surface area contributed by atoms with Crippen LogP contribution >= 0.6 is 0 Å². The first-order valence-corrected chi connectivity index (χ1v) is 11.9. The van der Waals surface area contributed by atoms with Gasteiger partial charge in [-0.1, -0.05) is 0 Å². The van der Waals surface area contributed by atoms with Crippen LogP contribution in [0, 0.1) is 0 Å². The van der Waals surface area contributed by atoms with E-state index in [4.69, 9.17) is 9.22 Å². The predicted octanol–water partition coefficient (Wildman–Crippen LogP) is 2.83. The molecule has 0 saturated heterocycles. The number of rotatable bonds is 9. The molecule has 0 aliphatic heterocycles. The van der Waals surface area contributed by atoms with Crippen LogP contribution in [0.25, 0.3) is 0 Å². The maximum atomic E-state index is 5.75. The van der Waals surface area contributed by atoms with Crippen molar-refractivity contribution in [3.8, 4) is 0 Å². The molecule has 0 fully saturated rings. The van der Waals surface area contributed by atoms with Gasteiger partial charge >= 0.3 is 93.6 Å². The first kappa shape index (κ1) is 14.7. The molecule has 0 spiro atoms. The van der Waals surface area contributed by atoms with Gasteiger partial charge in [0.15, 0.2) is 0 Å². The fourth-order valence-electron chi connectivity index (χ4n) is 0.987. The standard InChI is InChI=1S/3C3H7O.CH3.Sn/c3*1-2-3-4;;/h3*2-3H2,1H3;1H3;/q3*-1;;+3. The first-order valence-electron chi connectivity index (χ1n) is 5.60. The van der Waals surface area contributed by atoms with Crippen LogP contribution in [0.4, 0.5) is 0 Å². The van der Waals surface area contributed by atoms with Crippen molar-refractivity contribution in [3.63, 3.8) is 0 Å². The van der Waals surface area contributed by atoms with Crippen molar-refractivity contribution >= 4 is 19.6 Å². The van der Waals surface area contributed by atoms with Gasteiger partial charge in [0.25, 0.3) is 0 Å². The van der Waals surface area contributed by atoms with Crippen LogP contribution in [-0.2, 0) is 9.22 Å². The summed E-state index contributed by atoms with van der Waals surface area (Å²) in [6.45, 7) is 8.60. The Morgan fingerprint density at radius 1 is 0.714 bits per heavy atom. The van der Waals surface area contributed by atoms with Crippen molar-refractivity contribution in [1.82, 2.24) is 0 Å². The summed E-state index contributed by atoms with van der Waals surface area (Å²) in [5, 5.41) is 0. The molecular formula is C10H24O3Sn. The van der Waals surface area contributed by atoms with Crippen LogP contribution in [0.2, 0.25) is 4.94 Å². The summed E-state index contributed by atoms with van der Waals surface area (Å²) in [7, 11) is 0. The summed E-state index contributed by atoms with van der Waals surface area (Å²) in [6, 6.07) is 0. The molecule has 0 unspecified atom stereocenters. The molecule has 0 radical (unpaired) electrons. The van der Waals surface area contributed by atoms with E-state index in [-0.39, 0.29) is 0 Å². The van der Waals surface area contributed by atoms with Crippen LogP contribution in [0.3, 0.4) is 0 Å². The summed E-state index contributed by atoms with van der Waals surface area (Å²) >= 11 is -3.06. The Labute approximate surface area is 93.6 Å². The Hall–Kier alpha value is 0.679. The van der Waals surface area contributed by atoms with Gasteiger partial charge < -0.3 is 0 Å². The van der Waals surface area contributed by atoms with Gasteiger partial charge in [0.2, 0.25) is 0 Å². The third-order valence-electron chi connectivity index (χ3n) is 1.71. The Kier molecular flexibility index (Phi) is 9.38. The molecule has 0 aromatic carbocycles. The molecule has 0 aliphatic carbocycles. The zero-order chi connectivity index (χ0) is 10.9. The van der Waals surface area contributed by atoms with Gasteiger partial charge in [-0.2, -0.15) is 0 Å². The van der Waals surface area contributed by atoms with E-state index in [1.54, 1.807) is 0 Å². The molecule has 0 amide bonds. The Balaban J connectivity index is 3.89. The van der Waals surface area contributed by atoms with Gasteiger partial charge in [0.1, 0.15) is 0 Å². The van der Waals surface area contributed by atoms with E-state index in [2.05, 4.69) is 25.7 Å². The Morgan fingerprint density at radius 2 is 1.00 bits per heavy atom. The Bertz CT molecular complexity index is 109. The normalized spacial score (nSPS) is 12.0. The van der Waals surface area contributed by atoms with E-state index in [9.17, 15) is 0 Å². The summed E-state index contributed by atoms with van der Waals surface area (Å²) in [5.41, 5.74) is 0. The van der Waals surface area contributed by atoms with Crippen molar-refractivity contribution in [3.05, 3.63) is 0 Å². The van der Waals surface area contributed by atoms with Crippen molar-refractivity contribution in [2.45, 2.75) is 45.0 Å². The maximum absolute atomic E-state index is 5.75. The van der Waals surface area contributed by atoms with Crippen molar-refractivity contribution < 1.29 is 9.22 Å². The SMILES string of the molecule is CCC[O][Sn]([CH3])([O]CCC)[O]CCC. The molecule has 86 valence electrons. The summed E-state index contributed by atoms with van der Waals surface area (Å²) in [6.07, 6.45) is 3.08. The molecule has 0 aromatic rings. The molecule has 0 N–H and O–H groups in total. The van der Waals surface area contributed by atoms with Gasteiger partial charge in [-0.3, -0.25) is 0 Å². The van der Waals surface area contributed by atoms with E-state index in [1.165, 1.54) is 0 Å². The predicted molar refractivity (Wildman–Crippen MR) is 60.3 cm³/mol. The summed E-state index contributed by atoms with van der Waals surface area (Å²) < 4.78 is 17.2. The molecule has 0 atom stereocenters. The zero-order valence-electron chi connectivity index (χ0n) is 9.97. The van der Waals surface area contributed by atoms with Crippen LogP contribution < -0.4 is 0 Å². The van der Waals surface area contributed by atoms with Crippen molar-refractivity contribution in [1.29, 1.82) is 0 Å². The second-order valence-corrected chi connectivity index (χ2v) is 10.8. The molecule has 0 bridgehead atoms. The average Bonchev–Trinajstić information content (AvgIpc) is 2.21. The minimum atomic E-state index is -3.06. The van der Waals surface area contributed by atoms with Gasteiger partial charge in [0.05, 0.1) is 0 Å². The quantitative estimate of drug-likeness (QED) is 0.613. The van der Waals surface area contributed by atoms with Crippen LogP contribution in [0.1, 0.15) is 40.0 Å². The molecule has 0 aromatic heterocycles. The molecule has 0 aliphatic rings. The molecular weight excluding hydrogens is 287 g/mol. The van der Waals surface area contributed by atoms with E-state index < -0.39 is 19.6 Å². The molecule has 14 heavy (non-hydrogen) atoms. The summed E-state index contributed by atoms with van der Waals surface area (Å²) in [4.78, 5) is 2.05. The van der Waals surface area contributed by atoms with E-state index in [0.717, 1.165) is 39.1 Å². The molecule has 0 rings (SSSR count). The number of hydrogen-bond acceptors (Lipinski definition) is 3. The second-order valence-electron chi connectivity index (χ2n) is 3.41. The summed E-state index contributed by atoms with van der Waals surface area (Å²) in [5.74, 6) is 0. The van der Waals surface area contributed by atoms with Gasteiger partial charge in [-0.15, -0.1) is 0 Å². The number of hydrogen-bond donors (Lipinski definition) is 0. The Morgan fingerprint density at radius 3 is 1.21 bits per heavy atom. The van der Waals surface area contributed by atoms with Crippen molar-refractivity contribution in [2.24, 2.45) is 0 Å². The van der Waals surface area contributed by atoms with Crippen LogP contribution in [0.15, 0.2) is 0 Å². The third kappa shape index (κ3) is 7.03. The first-order chi connectivity index (χ1) is 6.68. The second kappa shape index (κ2) is 8.94. The van der Waals surface area contributed by atoms with Gasteiger partial charge in [-0.25, -0.2) is 0 Å². The van der Waals surface area contributed by atoms with Crippen molar-refractivity contribution in [2.75, 3.05) is 19.8 Å². The van der Waals surface area contributed by atoms with E-state index in [1.807, 2.05) is 0 Å². The molecule has 4 heteroatoms. The monoisotopic (exact) mass is 312 g/mol. The fraction of sp³-hybridized carbons (Fsp3) is 1.00. The minimum absolute atomic E-state index is 0.764. The third-order valence-corrected chi connectivity index (χ3v) is 7.94. The average molecular weight is 311 g/mol. The van der Waals surface area contributed by atoms with Crippen LogP contribution in [0.5, 0.6) is 0 Å². The van der Waals surface area contributed by atoms with E-state index >= 15 is 0 Å². The van der Waals surface area contributed by atoms with Crippen LogP contribution in [-0.4, -0.2) is 39.4 Å². The van der Waals surface area contributed by atoms with Gasteiger partial charge in [-0.05, 0) is 0 Å². The van der Waals surface area contributed by atoms with E-state index in [0.29, 0.717) is 0 Å². The molecule has 0 heterocycles.